The summed E-state index contributed by atoms with van der Waals surface area (Å²) in [6.07, 6.45) is 4.69. The Balaban J connectivity index is 1.90. The molecule has 0 amide bonds. The molecule has 2 bridgehead atoms. The van der Waals surface area contributed by atoms with Crippen LogP contribution in [0.2, 0.25) is 0 Å². The van der Waals surface area contributed by atoms with E-state index in [1.165, 1.54) is 5.56 Å². The minimum absolute atomic E-state index is 0.00508. The maximum Gasteiger partial charge on any atom is 0.306 e. The number of aryl methyl sites for hydroxylation is 2. The number of carbonyl (C=O) groups is 2. The lowest BCUT2D eigenvalue weighted by Gasteiger charge is -2.11. The first-order valence-corrected chi connectivity index (χ1v) is 10.6. The first kappa shape index (κ1) is 20.2. The van der Waals surface area contributed by atoms with E-state index >= 15 is 0 Å². The Labute approximate surface area is 176 Å². The van der Waals surface area contributed by atoms with Gasteiger partial charge in [0.05, 0.1) is 24.9 Å². The number of benzene rings is 2. The van der Waals surface area contributed by atoms with Gasteiger partial charge in [-0.25, -0.2) is 0 Å². The van der Waals surface area contributed by atoms with Crippen molar-refractivity contribution in [2.24, 2.45) is 0 Å². The number of nitrogens with zero attached hydrogens (tertiary/aromatic N) is 1. The molecule has 1 aromatic heterocycles. The molecule has 0 spiro atoms. The second-order valence-corrected chi connectivity index (χ2v) is 7.79. The van der Waals surface area contributed by atoms with Crippen molar-refractivity contribution in [1.29, 1.82) is 0 Å². The van der Waals surface area contributed by atoms with Gasteiger partial charge in [-0.15, -0.1) is 0 Å². The van der Waals surface area contributed by atoms with Crippen molar-refractivity contribution < 1.29 is 19.1 Å². The second kappa shape index (κ2) is 8.74. The molecular weight excluding hydrogens is 378 g/mol. The maximum absolute atomic E-state index is 12.7. The van der Waals surface area contributed by atoms with Crippen molar-refractivity contribution in [3.63, 3.8) is 0 Å². The molecule has 0 unspecified atom stereocenters. The summed E-state index contributed by atoms with van der Waals surface area (Å²) in [6, 6.07) is 14.0. The van der Waals surface area contributed by atoms with E-state index < -0.39 is 0 Å². The Kier molecular flexibility index (Phi) is 5.88. The molecule has 1 aliphatic rings. The molecule has 0 atom stereocenters. The van der Waals surface area contributed by atoms with Crippen LogP contribution in [-0.2, 0) is 22.4 Å². The second-order valence-electron chi connectivity index (χ2n) is 7.79. The summed E-state index contributed by atoms with van der Waals surface area (Å²) in [4.78, 5) is 24.7. The number of methoxy groups -OCH3 is 1. The van der Waals surface area contributed by atoms with Crippen molar-refractivity contribution in [3.8, 4) is 17.0 Å². The number of hydrogen-bond acceptors (Lipinski definition) is 4. The van der Waals surface area contributed by atoms with Crippen molar-refractivity contribution in [2.45, 2.75) is 45.4 Å². The Hall–Kier alpha value is -3.08. The average molecular weight is 405 g/mol. The van der Waals surface area contributed by atoms with Gasteiger partial charge in [-0.3, -0.25) is 14.2 Å². The molecule has 0 saturated heterocycles. The predicted molar refractivity (Wildman–Crippen MR) is 117 cm³/mol. The number of ether oxygens (including phenoxy) is 2. The third-order valence-corrected chi connectivity index (χ3v) is 5.77. The maximum atomic E-state index is 12.7. The third-order valence-electron chi connectivity index (χ3n) is 5.77. The lowest BCUT2D eigenvalue weighted by Crippen LogP contribution is -2.08. The zero-order chi connectivity index (χ0) is 21.1. The molecule has 30 heavy (non-hydrogen) atoms. The normalized spacial score (nSPS) is 15.2. The zero-order valence-corrected chi connectivity index (χ0v) is 17.6. The number of cyclic esters (lactones) is 1. The molecular formula is C25H27NO4. The topological polar surface area (TPSA) is 57.5 Å². The van der Waals surface area contributed by atoms with Crippen LogP contribution in [0.4, 0.5) is 0 Å². The highest BCUT2D eigenvalue weighted by atomic mass is 16.5. The minimum Gasteiger partial charge on any atom is -0.497 e. The summed E-state index contributed by atoms with van der Waals surface area (Å²) in [6.45, 7) is 2.09. The minimum atomic E-state index is -0.144. The molecule has 2 heterocycles. The third kappa shape index (κ3) is 3.97. The van der Waals surface area contributed by atoms with E-state index in [-0.39, 0.29) is 11.9 Å². The van der Waals surface area contributed by atoms with Crippen LogP contribution >= 0.6 is 0 Å². The zero-order valence-electron chi connectivity index (χ0n) is 17.6. The smallest absolute Gasteiger partial charge is 0.306 e. The molecule has 0 radical (unpaired) electrons. The van der Waals surface area contributed by atoms with Crippen molar-refractivity contribution >= 4 is 22.8 Å². The van der Waals surface area contributed by atoms with E-state index in [0.29, 0.717) is 19.4 Å². The number of esters is 1. The van der Waals surface area contributed by atoms with Gasteiger partial charge in [-0.1, -0.05) is 6.07 Å². The molecule has 3 aromatic rings. The summed E-state index contributed by atoms with van der Waals surface area (Å²) in [5, 5.41) is 1.10. The molecule has 4 rings (SSSR count). The van der Waals surface area contributed by atoms with Crippen LogP contribution in [0, 0.1) is 0 Å². The van der Waals surface area contributed by atoms with Gasteiger partial charge < -0.3 is 9.47 Å². The Morgan fingerprint density at radius 1 is 1.00 bits per heavy atom. The number of fused-ring (bicyclic) bond motifs is 1. The highest BCUT2D eigenvalue weighted by Gasteiger charge is 2.21. The summed E-state index contributed by atoms with van der Waals surface area (Å²) in [7, 11) is 1.65. The molecule has 0 saturated carbocycles. The monoisotopic (exact) mass is 405 g/mol. The van der Waals surface area contributed by atoms with Gasteiger partial charge in [0, 0.05) is 18.7 Å². The number of carbonyl (C=O) groups excluding carboxylic acids is 2. The number of hydrogen-bond donors (Lipinski definition) is 0. The Bertz CT molecular complexity index is 1080. The van der Waals surface area contributed by atoms with E-state index in [4.69, 9.17) is 9.47 Å². The van der Waals surface area contributed by atoms with Gasteiger partial charge in [0.2, 0.25) is 5.91 Å². The van der Waals surface area contributed by atoms with Crippen LogP contribution in [-0.4, -0.2) is 30.2 Å². The standard InChI is InChI=1S/C25H27NO4/c1-17(27)26-23-13-7-18-8-14-24(28)30-15-5-3-4-6-21(22(23)16-18)25(26)19-9-11-20(29-2)12-10-19/h7,9-13,16H,3-6,8,14-15H2,1-2H3. The van der Waals surface area contributed by atoms with E-state index in [0.717, 1.165) is 59.2 Å². The summed E-state index contributed by atoms with van der Waals surface area (Å²) in [5.41, 5.74) is 5.16. The molecule has 0 fully saturated rings. The Morgan fingerprint density at radius 2 is 1.80 bits per heavy atom. The largest absolute Gasteiger partial charge is 0.497 e. The average Bonchev–Trinajstić information content (AvgIpc) is 3.08. The lowest BCUT2D eigenvalue weighted by molar-refractivity contribution is -0.143. The highest BCUT2D eigenvalue weighted by molar-refractivity contribution is 6.01. The van der Waals surface area contributed by atoms with E-state index in [1.54, 1.807) is 14.0 Å². The van der Waals surface area contributed by atoms with Crippen LogP contribution in [0.3, 0.4) is 0 Å². The van der Waals surface area contributed by atoms with Crippen LogP contribution in [0.15, 0.2) is 42.5 Å². The van der Waals surface area contributed by atoms with E-state index in [2.05, 4.69) is 6.07 Å². The molecule has 5 heteroatoms. The number of aromatic nitrogens is 1. The molecule has 0 aliphatic carbocycles. The van der Waals surface area contributed by atoms with Gasteiger partial charge in [0.15, 0.2) is 0 Å². The SMILES string of the molecule is COc1ccc(-c2c3c4cc(ccc4n2C(C)=O)CCC(=O)OCCCCC3)cc1. The first-order chi connectivity index (χ1) is 14.6. The van der Waals surface area contributed by atoms with Gasteiger partial charge >= 0.3 is 5.97 Å². The lowest BCUT2D eigenvalue weighted by atomic mass is 9.98. The quantitative estimate of drug-likeness (QED) is 0.551. The van der Waals surface area contributed by atoms with Gasteiger partial charge in [-0.2, -0.15) is 0 Å². The van der Waals surface area contributed by atoms with Crippen LogP contribution in [0.1, 0.15) is 48.5 Å². The van der Waals surface area contributed by atoms with Crippen LogP contribution < -0.4 is 4.74 Å². The van der Waals surface area contributed by atoms with Crippen LogP contribution in [0.5, 0.6) is 5.75 Å². The predicted octanol–water partition coefficient (Wildman–Crippen LogP) is 5.18. The molecule has 1 aliphatic heterocycles. The molecule has 0 N–H and O–H groups in total. The van der Waals surface area contributed by atoms with Gasteiger partial charge in [0.1, 0.15) is 5.75 Å². The Morgan fingerprint density at radius 3 is 2.53 bits per heavy atom. The number of rotatable bonds is 2. The highest BCUT2D eigenvalue weighted by Crippen LogP contribution is 2.36. The molecule has 156 valence electrons. The summed E-state index contributed by atoms with van der Waals surface area (Å²) < 4.78 is 12.5. The van der Waals surface area contributed by atoms with Gasteiger partial charge in [0.25, 0.3) is 0 Å². The fraction of sp³-hybridized carbons (Fsp3) is 0.360. The van der Waals surface area contributed by atoms with E-state index in [1.807, 2.05) is 41.0 Å². The van der Waals surface area contributed by atoms with Gasteiger partial charge in [-0.05, 0) is 85.2 Å². The summed E-state index contributed by atoms with van der Waals surface area (Å²) >= 11 is 0. The van der Waals surface area contributed by atoms with Crippen molar-refractivity contribution in [2.75, 3.05) is 13.7 Å². The molecule has 5 nitrogen and oxygen atoms in total. The summed E-state index contributed by atoms with van der Waals surface area (Å²) in [5.74, 6) is 0.639. The first-order valence-electron chi connectivity index (χ1n) is 10.6. The molecule has 2 aromatic carbocycles. The van der Waals surface area contributed by atoms with Crippen molar-refractivity contribution in [1.82, 2.24) is 4.57 Å². The fourth-order valence-corrected chi connectivity index (χ4v) is 4.28. The van der Waals surface area contributed by atoms with E-state index in [9.17, 15) is 9.59 Å². The van der Waals surface area contributed by atoms with Crippen LogP contribution in [0.25, 0.3) is 22.2 Å². The fourth-order valence-electron chi connectivity index (χ4n) is 4.28. The van der Waals surface area contributed by atoms with Crippen molar-refractivity contribution in [3.05, 3.63) is 53.6 Å².